The van der Waals surface area contributed by atoms with E-state index < -0.39 is 64.9 Å². The number of carbonyl (C=O) groups excluding carboxylic acids is 4. The van der Waals surface area contributed by atoms with Gasteiger partial charge in [0, 0.05) is 32.6 Å². The maximum atomic E-state index is 14.1. The van der Waals surface area contributed by atoms with E-state index in [1.54, 1.807) is 27.8 Å². The molecule has 0 radical (unpaired) electrons. The number of amides is 4. The van der Waals surface area contributed by atoms with Crippen LogP contribution in [-0.2, 0) is 31.7 Å². The second kappa shape index (κ2) is 13.2. The van der Waals surface area contributed by atoms with Crippen molar-refractivity contribution in [1.29, 1.82) is 0 Å². The minimum atomic E-state index is -4.73. The summed E-state index contributed by atoms with van der Waals surface area (Å²) < 4.78 is 50.7. The fourth-order valence-corrected chi connectivity index (χ4v) is 5.39. The molecule has 4 rings (SSSR count). The third-order valence-corrected chi connectivity index (χ3v) is 7.66. The minimum Gasteiger partial charge on any atom is -0.475 e. The van der Waals surface area contributed by atoms with Gasteiger partial charge in [0.2, 0.25) is 17.7 Å². The highest BCUT2D eigenvalue weighted by atomic mass is 19.4. The number of pyridine rings is 1. The van der Waals surface area contributed by atoms with Gasteiger partial charge in [-0.15, -0.1) is 0 Å². The Morgan fingerprint density at radius 3 is 2.34 bits per heavy atom. The molecule has 2 aliphatic heterocycles. The molecule has 2 N–H and O–H groups in total. The molecular weight excluding hydrogens is 621 g/mol. The number of halogens is 3. The van der Waals surface area contributed by atoms with Crippen molar-refractivity contribution in [3.63, 3.8) is 0 Å². The van der Waals surface area contributed by atoms with Crippen LogP contribution in [0.15, 0.2) is 53.6 Å². The normalized spacial score (nSPS) is 19.0. The zero-order valence-corrected chi connectivity index (χ0v) is 27.1. The summed E-state index contributed by atoms with van der Waals surface area (Å²) in [6, 6.07) is 10.9. The Labute approximate surface area is 270 Å². The largest absolute Gasteiger partial charge is 0.475 e. The fourth-order valence-electron chi connectivity index (χ4n) is 5.39. The van der Waals surface area contributed by atoms with Gasteiger partial charge in [0.15, 0.2) is 0 Å². The molecule has 47 heavy (non-hydrogen) atoms. The van der Waals surface area contributed by atoms with Gasteiger partial charge in [-0.1, -0.05) is 36.4 Å². The molecule has 2 aromatic rings. The van der Waals surface area contributed by atoms with Gasteiger partial charge in [0.05, 0.1) is 5.71 Å². The summed E-state index contributed by atoms with van der Waals surface area (Å²) in [5, 5.41) is 10.8. The van der Waals surface area contributed by atoms with E-state index in [1.165, 1.54) is 29.8 Å². The first-order chi connectivity index (χ1) is 21.8. The van der Waals surface area contributed by atoms with Crippen molar-refractivity contribution in [1.82, 2.24) is 25.5 Å². The van der Waals surface area contributed by atoms with Crippen LogP contribution in [0.2, 0.25) is 0 Å². The van der Waals surface area contributed by atoms with Gasteiger partial charge in [-0.2, -0.15) is 18.3 Å². The molecule has 12 nitrogen and oxygen atoms in total. The molecule has 1 aromatic carbocycles. The third kappa shape index (κ3) is 8.37. The molecule has 1 fully saturated rings. The summed E-state index contributed by atoms with van der Waals surface area (Å²) in [4.78, 5) is 58.6. The van der Waals surface area contributed by atoms with Crippen molar-refractivity contribution in [2.24, 2.45) is 10.5 Å². The summed E-state index contributed by atoms with van der Waals surface area (Å²) in [6.07, 6.45) is -5.06. The van der Waals surface area contributed by atoms with E-state index in [4.69, 9.17) is 9.47 Å². The highest BCUT2D eigenvalue weighted by Gasteiger charge is 2.54. The lowest BCUT2D eigenvalue weighted by molar-refractivity contribution is -0.144. The van der Waals surface area contributed by atoms with E-state index in [-0.39, 0.29) is 31.8 Å². The number of hydrogen-bond acceptors (Lipinski definition) is 8. The number of likely N-dealkylation sites (tertiary alicyclic amines) is 1. The van der Waals surface area contributed by atoms with Crippen LogP contribution in [0.5, 0.6) is 5.88 Å². The molecule has 0 spiro atoms. The number of ether oxygens (including phenoxy) is 2. The summed E-state index contributed by atoms with van der Waals surface area (Å²) in [7, 11) is 1.55. The average Bonchev–Trinajstić information content (AvgIpc) is 3.22. The lowest BCUT2D eigenvalue weighted by atomic mass is 9.73. The summed E-state index contributed by atoms with van der Waals surface area (Å²) >= 11 is 0. The van der Waals surface area contributed by atoms with Crippen molar-refractivity contribution >= 4 is 29.5 Å². The van der Waals surface area contributed by atoms with Crippen molar-refractivity contribution < 1.29 is 41.8 Å². The number of alkyl carbamates (subject to hydrolysis) is 1. The number of piperidine rings is 1. The Balaban J connectivity index is 1.60. The van der Waals surface area contributed by atoms with E-state index in [9.17, 15) is 32.3 Å². The number of hydrogen-bond donors (Lipinski definition) is 2. The number of nitrogens with one attached hydrogen (secondary N) is 2. The van der Waals surface area contributed by atoms with E-state index >= 15 is 0 Å². The smallest absolute Gasteiger partial charge is 0.433 e. The Hall–Kier alpha value is -4.69. The molecule has 1 saturated heterocycles. The molecule has 254 valence electrons. The maximum absolute atomic E-state index is 14.1. The molecule has 1 unspecified atom stereocenters. The molecule has 0 aliphatic carbocycles. The second-order valence-electron chi connectivity index (χ2n) is 13.1. The zero-order valence-electron chi connectivity index (χ0n) is 27.1. The molecule has 1 aromatic heterocycles. The van der Waals surface area contributed by atoms with Crippen LogP contribution in [0.1, 0.15) is 52.3 Å². The highest BCUT2D eigenvalue weighted by Crippen LogP contribution is 2.38. The molecule has 4 amide bonds. The Morgan fingerprint density at radius 2 is 1.70 bits per heavy atom. The molecule has 3 heterocycles. The Morgan fingerprint density at radius 1 is 1.02 bits per heavy atom. The zero-order chi connectivity index (χ0) is 34.8. The van der Waals surface area contributed by atoms with Crippen molar-refractivity contribution in [3.8, 4) is 5.88 Å². The topological polar surface area (TPSA) is 143 Å². The van der Waals surface area contributed by atoms with Gasteiger partial charge in [-0.3, -0.25) is 14.4 Å². The van der Waals surface area contributed by atoms with E-state index in [0.717, 1.165) is 17.7 Å². The number of rotatable bonds is 9. The maximum Gasteiger partial charge on any atom is 0.433 e. The number of alkyl halides is 3. The predicted octanol–water partition coefficient (Wildman–Crippen LogP) is 3.56. The standard InChI is InChI=1S/C32H39F3N6O6/c1-29(2,3)47-28(45)38-30(4,5)26(43)36-21(18-46-24-14-10-13-23(37-24)32(33,34)35)25(42)41-16-15-22-31(19-41,27(44)40(6)39-22)17-20-11-8-7-9-12-20/h7-14,21H,15-19H2,1-6H3,(H,36,43)(H,38,45)/t21?,31-/m1/s1. The Bertz CT molecular complexity index is 1540. The van der Waals surface area contributed by atoms with E-state index in [1.807, 2.05) is 30.3 Å². The lowest BCUT2D eigenvalue weighted by Gasteiger charge is -2.41. The van der Waals surface area contributed by atoms with E-state index in [2.05, 4.69) is 20.7 Å². The molecule has 0 saturated carbocycles. The monoisotopic (exact) mass is 660 g/mol. The van der Waals surface area contributed by atoms with Crippen molar-refractivity contribution in [3.05, 3.63) is 59.8 Å². The van der Waals surface area contributed by atoms with Gasteiger partial charge in [0.1, 0.15) is 34.9 Å². The van der Waals surface area contributed by atoms with Crippen molar-refractivity contribution in [2.45, 2.75) is 70.8 Å². The number of fused-ring (bicyclic) bond motifs is 1. The molecule has 0 bridgehead atoms. The SMILES string of the molecule is CN1N=C2CCN(C(=O)C(COc3cccc(C(F)(F)F)n3)NC(=O)C(C)(C)NC(=O)OC(C)(C)C)C[C@@]2(Cc2ccccc2)C1=O. The van der Waals surface area contributed by atoms with Gasteiger partial charge in [-0.25, -0.2) is 14.8 Å². The van der Waals surface area contributed by atoms with Crippen LogP contribution in [0.25, 0.3) is 0 Å². The quantitative estimate of drug-likeness (QED) is 0.419. The van der Waals surface area contributed by atoms with Crippen LogP contribution in [0.3, 0.4) is 0 Å². The first kappa shape index (κ1) is 35.2. The van der Waals surface area contributed by atoms with Crippen molar-refractivity contribution in [2.75, 3.05) is 26.7 Å². The summed E-state index contributed by atoms with van der Waals surface area (Å²) in [6.45, 7) is 7.25. The number of aromatic nitrogens is 1. The predicted molar refractivity (Wildman–Crippen MR) is 164 cm³/mol. The number of carbonyl (C=O) groups is 4. The number of benzene rings is 1. The lowest BCUT2D eigenvalue weighted by Crippen LogP contribution is -2.63. The number of nitrogens with zero attached hydrogens (tertiary/aromatic N) is 4. The third-order valence-electron chi connectivity index (χ3n) is 7.66. The van der Waals surface area contributed by atoms with Crippen LogP contribution < -0.4 is 15.4 Å². The molecule has 2 atom stereocenters. The first-order valence-electron chi connectivity index (χ1n) is 15.0. The average molecular weight is 661 g/mol. The molecule has 2 aliphatic rings. The van der Waals surface area contributed by atoms with Gasteiger partial charge in [0.25, 0.3) is 5.91 Å². The first-order valence-corrected chi connectivity index (χ1v) is 15.0. The van der Waals surface area contributed by atoms with Gasteiger partial charge < -0.3 is 25.0 Å². The molecular formula is C32H39F3N6O6. The van der Waals surface area contributed by atoms with Gasteiger partial charge in [-0.05, 0) is 52.7 Å². The highest BCUT2D eigenvalue weighted by molar-refractivity contribution is 6.13. The van der Waals surface area contributed by atoms with Crippen LogP contribution >= 0.6 is 0 Å². The second-order valence-corrected chi connectivity index (χ2v) is 13.1. The Kier molecular flexibility index (Phi) is 9.88. The number of hydrazone groups is 1. The van der Waals surface area contributed by atoms with Crippen LogP contribution in [-0.4, -0.2) is 88.3 Å². The van der Waals surface area contributed by atoms with E-state index in [0.29, 0.717) is 5.71 Å². The fraction of sp³-hybridized carbons (Fsp3) is 0.500. The van der Waals surface area contributed by atoms with Crippen LogP contribution in [0, 0.1) is 5.41 Å². The summed E-state index contributed by atoms with van der Waals surface area (Å²) in [5.41, 5.74) is -3.30. The van der Waals surface area contributed by atoms with Gasteiger partial charge >= 0.3 is 12.3 Å². The van der Waals surface area contributed by atoms with Crippen LogP contribution in [0.4, 0.5) is 18.0 Å². The minimum absolute atomic E-state index is 0.0591. The summed E-state index contributed by atoms with van der Waals surface area (Å²) in [5.74, 6) is -2.15. The molecule has 15 heteroatoms.